The van der Waals surface area contributed by atoms with Gasteiger partial charge in [0.25, 0.3) is 0 Å². The summed E-state index contributed by atoms with van der Waals surface area (Å²) in [5.41, 5.74) is 1.81. The van der Waals surface area contributed by atoms with Gasteiger partial charge in [0, 0.05) is 37.6 Å². The molecule has 2 heterocycles. The highest BCUT2D eigenvalue weighted by Gasteiger charge is 2.30. The Kier molecular flexibility index (Phi) is 4.81. The maximum Gasteiger partial charge on any atom is 0.239 e. The first-order valence-corrected chi connectivity index (χ1v) is 9.51. The average Bonchev–Trinajstić information content (AvgIpc) is 3.07. The Morgan fingerprint density at radius 1 is 1.18 bits per heavy atom. The zero-order valence-electron chi connectivity index (χ0n) is 16.7. The van der Waals surface area contributed by atoms with Crippen LogP contribution >= 0.6 is 0 Å². The highest BCUT2D eigenvalue weighted by Crippen LogP contribution is 2.34. The molecule has 0 N–H and O–H groups in total. The summed E-state index contributed by atoms with van der Waals surface area (Å²) in [6.07, 6.45) is 0. The lowest BCUT2D eigenvalue weighted by atomic mass is 10.0. The molecule has 0 radical (unpaired) electrons. The lowest BCUT2D eigenvalue weighted by Crippen LogP contribution is -2.53. The molecule has 1 amide bonds. The second-order valence-electron chi connectivity index (χ2n) is 7.29. The van der Waals surface area contributed by atoms with Crippen molar-refractivity contribution >= 4 is 16.7 Å². The number of fused-ring (bicyclic) bond motifs is 1. The summed E-state index contributed by atoms with van der Waals surface area (Å²) >= 11 is 0. The molecule has 0 saturated carbocycles. The minimum absolute atomic E-state index is 0.147. The summed E-state index contributed by atoms with van der Waals surface area (Å²) < 4.78 is 11.5. The van der Waals surface area contributed by atoms with E-state index < -0.39 is 0 Å². The highest BCUT2D eigenvalue weighted by molar-refractivity contribution is 5.98. The molecular formula is C22H25N3O3. The normalized spacial score (nSPS) is 18.1. The number of hydrogen-bond donors (Lipinski definition) is 0. The zero-order chi connectivity index (χ0) is 19.8. The summed E-state index contributed by atoms with van der Waals surface area (Å²) in [6.45, 7) is 6.04. The summed E-state index contributed by atoms with van der Waals surface area (Å²) in [4.78, 5) is 21.0. The SMILES string of the molecule is COc1ccc(-c2nc(CN3CCN(C)C(=O)[C@H]3C)c(C)o2)c2ccccc12. The van der Waals surface area contributed by atoms with E-state index in [1.165, 1.54) is 0 Å². The minimum atomic E-state index is -0.153. The lowest BCUT2D eigenvalue weighted by Gasteiger charge is -2.36. The van der Waals surface area contributed by atoms with Crippen molar-refractivity contribution in [3.63, 3.8) is 0 Å². The number of nitrogens with zero attached hydrogens (tertiary/aromatic N) is 3. The van der Waals surface area contributed by atoms with Gasteiger partial charge in [-0.25, -0.2) is 4.98 Å². The second kappa shape index (κ2) is 7.28. The molecule has 1 saturated heterocycles. The number of amides is 1. The number of oxazole rings is 1. The zero-order valence-corrected chi connectivity index (χ0v) is 16.7. The quantitative estimate of drug-likeness (QED) is 0.695. The molecule has 1 fully saturated rings. The van der Waals surface area contributed by atoms with Gasteiger partial charge in [-0.05, 0) is 31.4 Å². The van der Waals surface area contributed by atoms with Crippen molar-refractivity contribution in [2.75, 3.05) is 27.2 Å². The first-order valence-electron chi connectivity index (χ1n) is 9.51. The van der Waals surface area contributed by atoms with Crippen molar-refractivity contribution in [1.29, 1.82) is 0 Å². The maximum absolute atomic E-state index is 12.3. The molecule has 0 unspecified atom stereocenters. The third-order valence-corrected chi connectivity index (χ3v) is 5.58. The van der Waals surface area contributed by atoms with Crippen molar-refractivity contribution in [1.82, 2.24) is 14.8 Å². The largest absolute Gasteiger partial charge is 0.496 e. The smallest absolute Gasteiger partial charge is 0.239 e. The Bertz CT molecular complexity index is 1030. The van der Waals surface area contributed by atoms with Crippen LogP contribution in [-0.4, -0.2) is 54.0 Å². The number of benzene rings is 2. The molecule has 146 valence electrons. The van der Waals surface area contributed by atoms with Gasteiger partial charge >= 0.3 is 0 Å². The first-order chi connectivity index (χ1) is 13.5. The van der Waals surface area contributed by atoms with E-state index in [9.17, 15) is 4.79 Å². The van der Waals surface area contributed by atoms with Gasteiger partial charge in [-0.1, -0.05) is 24.3 Å². The Labute approximate surface area is 164 Å². The second-order valence-corrected chi connectivity index (χ2v) is 7.29. The van der Waals surface area contributed by atoms with Crippen LogP contribution in [0.3, 0.4) is 0 Å². The van der Waals surface area contributed by atoms with Crippen LogP contribution in [0, 0.1) is 6.92 Å². The number of piperazine rings is 1. The summed E-state index contributed by atoms with van der Waals surface area (Å²) in [7, 11) is 3.53. The molecule has 4 rings (SSSR count). The van der Waals surface area contributed by atoms with Crippen LogP contribution in [0.4, 0.5) is 0 Å². The third-order valence-electron chi connectivity index (χ3n) is 5.58. The van der Waals surface area contributed by atoms with Crippen LogP contribution in [0.1, 0.15) is 18.4 Å². The molecule has 1 aromatic heterocycles. The van der Waals surface area contributed by atoms with Crippen molar-refractivity contribution in [3.8, 4) is 17.2 Å². The summed E-state index contributed by atoms with van der Waals surface area (Å²) in [5.74, 6) is 2.36. The molecule has 6 heteroatoms. The van der Waals surface area contributed by atoms with Crippen LogP contribution < -0.4 is 4.74 Å². The predicted octanol–water partition coefficient (Wildman–Crippen LogP) is 3.47. The minimum Gasteiger partial charge on any atom is -0.496 e. The number of carbonyl (C=O) groups excluding carboxylic acids is 1. The van der Waals surface area contributed by atoms with Crippen LogP contribution in [0.2, 0.25) is 0 Å². The van der Waals surface area contributed by atoms with E-state index in [0.29, 0.717) is 12.4 Å². The maximum atomic E-state index is 12.3. The Morgan fingerprint density at radius 3 is 2.68 bits per heavy atom. The third kappa shape index (κ3) is 3.14. The highest BCUT2D eigenvalue weighted by atomic mass is 16.5. The number of methoxy groups -OCH3 is 1. The fourth-order valence-corrected chi connectivity index (χ4v) is 3.79. The van der Waals surface area contributed by atoms with E-state index in [1.54, 1.807) is 12.0 Å². The number of aryl methyl sites for hydroxylation is 1. The molecule has 0 spiro atoms. The van der Waals surface area contributed by atoms with E-state index in [-0.39, 0.29) is 11.9 Å². The van der Waals surface area contributed by atoms with Crippen molar-refractivity contribution < 1.29 is 13.9 Å². The van der Waals surface area contributed by atoms with E-state index in [1.807, 2.05) is 57.3 Å². The first kappa shape index (κ1) is 18.5. The number of rotatable bonds is 4. The lowest BCUT2D eigenvalue weighted by molar-refractivity contribution is -0.139. The number of ether oxygens (including phenoxy) is 1. The van der Waals surface area contributed by atoms with E-state index in [0.717, 1.165) is 46.6 Å². The Hall–Kier alpha value is -2.86. The number of likely N-dealkylation sites (N-methyl/N-ethyl adjacent to an activating group) is 1. The van der Waals surface area contributed by atoms with Crippen molar-refractivity contribution in [3.05, 3.63) is 47.9 Å². The van der Waals surface area contributed by atoms with Gasteiger partial charge in [0.1, 0.15) is 11.5 Å². The van der Waals surface area contributed by atoms with Gasteiger partial charge in [0.05, 0.1) is 18.8 Å². The monoisotopic (exact) mass is 379 g/mol. The van der Waals surface area contributed by atoms with Gasteiger partial charge in [0.2, 0.25) is 11.8 Å². The molecule has 1 aliphatic rings. The average molecular weight is 379 g/mol. The van der Waals surface area contributed by atoms with E-state index in [2.05, 4.69) is 4.90 Å². The van der Waals surface area contributed by atoms with Gasteiger partial charge in [-0.3, -0.25) is 9.69 Å². The molecule has 1 aliphatic heterocycles. The molecule has 2 aromatic carbocycles. The fraction of sp³-hybridized carbons (Fsp3) is 0.364. The van der Waals surface area contributed by atoms with Crippen LogP contribution in [0.5, 0.6) is 5.75 Å². The fourth-order valence-electron chi connectivity index (χ4n) is 3.79. The molecular weight excluding hydrogens is 354 g/mol. The Balaban J connectivity index is 1.67. The molecule has 6 nitrogen and oxygen atoms in total. The standard InChI is InChI=1S/C22H25N3O3/c1-14-22(26)24(3)11-12-25(14)13-19-15(2)28-21(23-19)18-9-10-20(27-4)17-8-6-5-7-16(17)18/h5-10,14H,11-13H2,1-4H3/t14-/m1/s1. The van der Waals surface area contributed by atoms with E-state index >= 15 is 0 Å². The molecule has 0 aliphatic carbocycles. The van der Waals surface area contributed by atoms with Gasteiger partial charge in [-0.2, -0.15) is 0 Å². The number of carbonyl (C=O) groups is 1. The van der Waals surface area contributed by atoms with Crippen LogP contribution in [-0.2, 0) is 11.3 Å². The van der Waals surface area contributed by atoms with Gasteiger partial charge in [-0.15, -0.1) is 0 Å². The van der Waals surface area contributed by atoms with Gasteiger partial charge < -0.3 is 14.1 Å². The summed E-state index contributed by atoms with van der Waals surface area (Å²) in [6, 6.07) is 11.8. The van der Waals surface area contributed by atoms with E-state index in [4.69, 9.17) is 14.1 Å². The van der Waals surface area contributed by atoms with Gasteiger partial charge in [0.15, 0.2) is 0 Å². The predicted molar refractivity (Wildman–Crippen MR) is 108 cm³/mol. The van der Waals surface area contributed by atoms with Crippen molar-refractivity contribution in [2.45, 2.75) is 26.4 Å². The number of aromatic nitrogens is 1. The van der Waals surface area contributed by atoms with Crippen LogP contribution in [0.15, 0.2) is 40.8 Å². The number of hydrogen-bond acceptors (Lipinski definition) is 5. The molecule has 28 heavy (non-hydrogen) atoms. The topological polar surface area (TPSA) is 58.8 Å². The van der Waals surface area contributed by atoms with Crippen LogP contribution in [0.25, 0.3) is 22.2 Å². The van der Waals surface area contributed by atoms with Crippen molar-refractivity contribution in [2.24, 2.45) is 0 Å². The molecule has 1 atom stereocenters. The Morgan fingerprint density at radius 2 is 1.93 bits per heavy atom. The molecule has 3 aromatic rings. The summed E-state index contributed by atoms with van der Waals surface area (Å²) in [5, 5.41) is 2.07. The molecule has 0 bridgehead atoms.